The molecule has 1 amide bonds. The lowest BCUT2D eigenvalue weighted by Crippen LogP contribution is -2.15. The molecule has 0 bridgehead atoms. The lowest BCUT2D eigenvalue weighted by molar-refractivity contribution is -0.113. The number of thiophene rings is 1. The van der Waals surface area contributed by atoms with Crippen molar-refractivity contribution in [1.82, 2.24) is 14.8 Å². The van der Waals surface area contributed by atoms with Crippen LogP contribution in [0, 0.1) is 20.8 Å². The van der Waals surface area contributed by atoms with E-state index in [0.29, 0.717) is 5.75 Å². The summed E-state index contributed by atoms with van der Waals surface area (Å²) in [5, 5.41) is 14.7. The monoisotopic (exact) mass is 414 g/mol. The second-order valence-corrected chi connectivity index (χ2v) is 8.77. The topological polar surface area (TPSA) is 59.8 Å². The summed E-state index contributed by atoms with van der Waals surface area (Å²) in [5.74, 6) is 1.15. The number of hydrogen-bond donors (Lipinski definition) is 1. The number of benzene rings is 1. The molecule has 1 aromatic carbocycles. The molecule has 2 aromatic heterocycles. The van der Waals surface area contributed by atoms with Crippen LogP contribution in [0.3, 0.4) is 0 Å². The van der Waals surface area contributed by atoms with E-state index < -0.39 is 0 Å². The van der Waals surface area contributed by atoms with Crippen LogP contribution in [0.1, 0.15) is 35.4 Å². The van der Waals surface area contributed by atoms with Gasteiger partial charge in [0.15, 0.2) is 11.0 Å². The van der Waals surface area contributed by atoms with E-state index in [1.54, 1.807) is 11.3 Å². The molecule has 0 aliphatic carbocycles. The summed E-state index contributed by atoms with van der Waals surface area (Å²) >= 11 is 3.17. The maximum Gasteiger partial charge on any atom is 0.234 e. The molecule has 0 saturated carbocycles. The molecule has 0 radical (unpaired) electrons. The van der Waals surface area contributed by atoms with Gasteiger partial charge in [-0.1, -0.05) is 30.8 Å². The van der Waals surface area contributed by atoms with Gasteiger partial charge in [-0.05, 0) is 56.9 Å². The van der Waals surface area contributed by atoms with Crippen LogP contribution in [0.2, 0.25) is 0 Å². The molecule has 28 heavy (non-hydrogen) atoms. The van der Waals surface area contributed by atoms with Crippen molar-refractivity contribution in [3.05, 3.63) is 45.1 Å². The Balaban J connectivity index is 1.74. The Morgan fingerprint density at radius 1 is 1.21 bits per heavy atom. The zero-order valence-electron chi connectivity index (χ0n) is 17.0. The quantitative estimate of drug-likeness (QED) is 0.537. The smallest absolute Gasteiger partial charge is 0.234 e. The number of anilines is 1. The van der Waals surface area contributed by atoms with Gasteiger partial charge >= 0.3 is 0 Å². The van der Waals surface area contributed by atoms with Gasteiger partial charge in [0, 0.05) is 28.1 Å². The lowest BCUT2D eigenvalue weighted by atomic mass is 10.1. The maximum absolute atomic E-state index is 12.4. The molecule has 2 heterocycles. The fraction of sp³-hybridized carbons (Fsp3) is 0.381. The van der Waals surface area contributed by atoms with Crippen LogP contribution in [-0.2, 0) is 17.8 Å². The molecule has 0 spiro atoms. The highest BCUT2D eigenvalue weighted by atomic mass is 32.2. The number of aromatic nitrogens is 3. The Kier molecular flexibility index (Phi) is 6.57. The molecule has 0 unspecified atom stereocenters. The van der Waals surface area contributed by atoms with Gasteiger partial charge in [0.25, 0.3) is 0 Å². The zero-order chi connectivity index (χ0) is 20.3. The number of rotatable bonds is 7. The van der Waals surface area contributed by atoms with E-state index in [0.717, 1.165) is 46.3 Å². The number of carbonyl (C=O) groups excluding carboxylic acids is 1. The predicted octanol–water partition coefficient (Wildman–Crippen LogP) is 5.24. The van der Waals surface area contributed by atoms with Crippen molar-refractivity contribution in [2.75, 3.05) is 11.1 Å². The Hall–Kier alpha value is -2.12. The van der Waals surface area contributed by atoms with Crippen molar-refractivity contribution < 1.29 is 4.79 Å². The molecule has 3 aromatic rings. The van der Waals surface area contributed by atoms with Crippen LogP contribution < -0.4 is 5.32 Å². The predicted molar refractivity (Wildman–Crippen MR) is 118 cm³/mol. The minimum atomic E-state index is -0.0356. The van der Waals surface area contributed by atoms with E-state index in [1.165, 1.54) is 22.2 Å². The average molecular weight is 415 g/mol. The van der Waals surface area contributed by atoms with Crippen molar-refractivity contribution >= 4 is 34.7 Å². The molecule has 0 aliphatic rings. The van der Waals surface area contributed by atoms with Gasteiger partial charge in [0.2, 0.25) is 5.91 Å². The fourth-order valence-electron chi connectivity index (χ4n) is 3.17. The highest BCUT2D eigenvalue weighted by molar-refractivity contribution is 7.99. The third-order valence-electron chi connectivity index (χ3n) is 4.73. The summed E-state index contributed by atoms with van der Waals surface area (Å²) in [4.78, 5) is 13.8. The molecule has 0 atom stereocenters. The van der Waals surface area contributed by atoms with Gasteiger partial charge in [0.1, 0.15) is 0 Å². The minimum Gasteiger partial charge on any atom is -0.325 e. The summed E-state index contributed by atoms with van der Waals surface area (Å²) in [6, 6.07) is 6.06. The first kappa shape index (κ1) is 20.6. The van der Waals surface area contributed by atoms with Gasteiger partial charge in [-0.2, -0.15) is 0 Å². The van der Waals surface area contributed by atoms with E-state index >= 15 is 0 Å². The highest BCUT2D eigenvalue weighted by Crippen LogP contribution is 2.32. The first-order valence-electron chi connectivity index (χ1n) is 9.45. The van der Waals surface area contributed by atoms with E-state index in [9.17, 15) is 4.79 Å². The zero-order valence-corrected chi connectivity index (χ0v) is 18.6. The van der Waals surface area contributed by atoms with Gasteiger partial charge in [0.05, 0.1) is 5.75 Å². The first-order valence-corrected chi connectivity index (χ1v) is 11.3. The Bertz CT molecular complexity index is 990. The molecule has 5 nitrogen and oxygen atoms in total. The molecule has 7 heteroatoms. The SMILES string of the molecule is CCc1c(-c2nnc(SCC(=O)Nc3cc(C)ccc3C)n2CC)csc1C. The number of aryl methyl sites for hydroxylation is 3. The highest BCUT2D eigenvalue weighted by Gasteiger charge is 2.18. The van der Waals surface area contributed by atoms with Crippen LogP contribution in [0.15, 0.2) is 28.7 Å². The van der Waals surface area contributed by atoms with Gasteiger partial charge in [-0.25, -0.2) is 0 Å². The van der Waals surface area contributed by atoms with Crippen molar-refractivity contribution in [2.24, 2.45) is 0 Å². The summed E-state index contributed by atoms with van der Waals surface area (Å²) < 4.78 is 2.09. The molecule has 3 rings (SSSR count). The number of thioether (sulfide) groups is 1. The summed E-state index contributed by atoms with van der Waals surface area (Å²) in [7, 11) is 0. The van der Waals surface area contributed by atoms with Crippen LogP contribution in [0.25, 0.3) is 11.4 Å². The van der Waals surface area contributed by atoms with Crippen LogP contribution in [0.4, 0.5) is 5.69 Å². The summed E-state index contributed by atoms with van der Waals surface area (Å²) in [5.41, 5.74) is 5.54. The summed E-state index contributed by atoms with van der Waals surface area (Å²) in [6.07, 6.45) is 0.974. The molecule has 1 N–H and O–H groups in total. The number of nitrogens with one attached hydrogen (secondary N) is 1. The first-order chi connectivity index (χ1) is 13.4. The van der Waals surface area contributed by atoms with Crippen LogP contribution in [0.5, 0.6) is 0 Å². The lowest BCUT2D eigenvalue weighted by Gasteiger charge is -2.10. The molecule has 0 fully saturated rings. The largest absolute Gasteiger partial charge is 0.325 e. The normalized spacial score (nSPS) is 11.0. The molecule has 0 aliphatic heterocycles. The van der Waals surface area contributed by atoms with E-state index in [2.05, 4.69) is 46.2 Å². The van der Waals surface area contributed by atoms with Crippen molar-refractivity contribution in [3.63, 3.8) is 0 Å². The Labute approximate surface area is 174 Å². The number of amides is 1. The van der Waals surface area contributed by atoms with Crippen molar-refractivity contribution in [3.8, 4) is 11.4 Å². The van der Waals surface area contributed by atoms with Crippen molar-refractivity contribution in [2.45, 2.75) is 52.7 Å². The number of hydrogen-bond acceptors (Lipinski definition) is 5. The number of nitrogens with zero attached hydrogens (tertiary/aromatic N) is 3. The minimum absolute atomic E-state index is 0.0356. The van der Waals surface area contributed by atoms with E-state index in [4.69, 9.17) is 0 Å². The Morgan fingerprint density at radius 2 is 2.00 bits per heavy atom. The molecule has 148 valence electrons. The Morgan fingerprint density at radius 3 is 2.71 bits per heavy atom. The molecular formula is C21H26N4OS2. The van der Waals surface area contributed by atoms with E-state index in [-0.39, 0.29) is 5.91 Å². The van der Waals surface area contributed by atoms with Gasteiger partial charge in [-0.15, -0.1) is 21.5 Å². The van der Waals surface area contributed by atoms with Crippen molar-refractivity contribution in [1.29, 1.82) is 0 Å². The van der Waals surface area contributed by atoms with E-state index in [1.807, 2.05) is 32.0 Å². The maximum atomic E-state index is 12.4. The van der Waals surface area contributed by atoms with Crippen LogP contribution in [-0.4, -0.2) is 26.4 Å². The fourth-order valence-corrected chi connectivity index (χ4v) is 4.91. The standard InChI is InChI=1S/C21H26N4OS2/c1-6-16-15(5)27-11-17(16)20-23-24-21(25(20)7-2)28-12-19(26)22-18-10-13(3)8-9-14(18)4/h8-11H,6-7,12H2,1-5H3,(H,22,26). The molecular weight excluding hydrogens is 388 g/mol. The number of carbonyl (C=O) groups is 1. The van der Waals surface area contributed by atoms with Gasteiger partial charge in [-0.3, -0.25) is 4.79 Å². The van der Waals surface area contributed by atoms with Crippen LogP contribution >= 0.6 is 23.1 Å². The second-order valence-electron chi connectivity index (χ2n) is 6.74. The van der Waals surface area contributed by atoms with Gasteiger partial charge < -0.3 is 9.88 Å². The summed E-state index contributed by atoms with van der Waals surface area (Å²) in [6.45, 7) is 11.2. The second kappa shape index (κ2) is 8.92. The molecule has 0 saturated heterocycles. The average Bonchev–Trinajstić information content (AvgIpc) is 3.25. The third-order valence-corrected chi connectivity index (χ3v) is 6.65. The third kappa shape index (κ3) is 4.31.